The third-order valence-electron chi connectivity index (χ3n) is 6.75. The molecule has 168 valence electrons. The van der Waals surface area contributed by atoms with E-state index >= 15 is 0 Å². The number of rotatable bonds is 4. The number of nitrogens with zero attached hydrogens (tertiary/aromatic N) is 1. The summed E-state index contributed by atoms with van der Waals surface area (Å²) < 4.78 is 0. The van der Waals surface area contributed by atoms with E-state index in [2.05, 4.69) is 102 Å². The molecule has 0 aromatic heterocycles. The van der Waals surface area contributed by atoms with E-state index in [9.17, 15) is 4.79 Å². The molecule has 0 saturated carbocycles. The van der Waals surface area contributed by atoms with Crippen LogP contribution in [0.25, 0.3) is 11.6 Å². The predicted octanol–water partition coefficient (Wildman–Crippen LogP) is 8.07. The highest BCUT2D eigenvalue weighted by Crippen LogP contribution is 2.43. The van der Waals surface area contributed by atoms with Crippen molar-refractivity contribution in [2.75, 3.05) is 4.90 Å². The molecule has 4 aromatic rings. The maximum Gasteiger partial charge on any atom is 0.174 e. The largest absolute Gasteiger partial charge is 0.313 e. The Balaban J connectivity index is 1.42. The zero-order valence-corrected chi connectivity index (χ0v) is 19.3. The third kappa shape index (κ3) is 3.94. The molecule has 0 amide bonds. The molecule has 0 bridgehead atoms. The Morgan fingerprint density at radius 1 is 0.743 bits per heavy atom. The van der Waals surface area contributed by atoms with Gasteiger partial charge in [-0.1, -0.05) is 97.1 Å². The summed E-state index contributed by atoms with van der Waals surface area (Å²) in [5.41, 5.74) is 8.56. The molecule has 1 unspecified atom stereocenters. The minimum Gasteiger partial charge on any atom is -0.313 e. The summed E-state index contributed by atoms with van der Waals surface area (Å²) in [7, 11) is 0. The van der Waals surface area contributed by atoms with E-state index in [0.29, 0.717) is 0 Å². The first kappa shape index (κ1) is 21.1. The van der Waals surface area contributed by atoms with Gasteiger partial charge in [0, 0.05) is 16.9 Å². The molecule has 2 aliphatic rings. The number of fused-ring (bicyclic) bond motifs is 2. The fraction of sp³-hybridized carbons (Fsp3) is 0.0606. The molecule has 0 saturated heterocycles. The van der Waals surface area contributed by atoms with Gasteiger partial charge in [-0.25, -0.2) is 0 Å². The molecular weight excluding hydrogens is 426 g/mol. The Bertz CT molecular complexity index is 1420. The van der Waals surface area contributed by atoms with Crippen LogP contribution in [0.5, 0.6) is 0 Å². The number of hydrogen-bond donors (Lipinski definition) is 0. The van der Waals surface area contributed by atoms with Gasteiger partial charge in [0.2, 0.25) is 0 Å². The molecule has 0 fully saturated rings. The van der Waals surface area contributed by atoms with E-state index in [1.807, 2.05) is 36.4 Å². The lowest BCUT2D eigenvalue weighted by Gasteiger charge is -2.38. The van der Waals surface area contributed by atoms with Gasteiger partial charge >= 0.3 is 0 Å². The number of hydrogen-bond acceptors (Lipinski definition) is 2. The van der Waals surface area contributed by atoms with Gasteiger partial charge in [-0.3, -0.25) is 4.79 Å². The van der Waals surface area contributed by atoms with E-state index < -0.39 is 0 Å². The second kappa shape index (κ2) is 9.08. The molecule has 2 heteroatoms. The van der Waals surface area contributed by atoms with Crippen LogP contribution in [0, 0.1) is 5.92 Å². The lowest BCUT2D eigenvalue weighted by Crippen LogP contribution is -2.34. The highest BCUT2D eigenvalue weighted by molar-refractivity contribution is 6.09. The smallest absolute Gasteiger partial charge is 0.174 e. The first-order valence-electron chi connectivity index (χ1n) is 12.0. The van der Waals surface area contributed by atoms with Gasteiger partial charge in [0.25, 0.3) is 0 Å². The Labute approximate surface area is 206 Å². The van der Waals surface area contributed by atoms with Crippen molar-refractivity contribution in [1.82, 2.24) is 0 Å². The monoisotopic (exact) mass is 451 g/mol. The summed E-state index contributed by atoms with van der Waals surface area (Å²) in [6.07, 6.45) is 9.21. The highest BCUT2D eigenvalue weighted by Gasteiger charge is 2.36. The van der Waals surface area contributed by atoms with Crippen LogP contribution >= 0.6 is 0 Å². The molecule has 0 radical (unpaired) electrons. The van der Waals surface area contributed by atoms with Crippen molar-refractivity contribution < 1.29 is 4.79 Å². The second-order valence-corrected chi connectivity index (χ2v) is 8.91. The van der Waals surface area contributed by atoms with Crippen LogP contribution in [0.2, 0.25) is 0 Å². The van der Waals surface area contributed by atoms with E-state index in [0.717, 1.165) is 34.6 Å². The van der Waals surface area contributed by atoms with Crippen molar-refractivity contribution >= 4 is 28.8 Å². The summed E-state index contributed by atoms with van der Waals surface area (Å²) in [4.78, 5) is 15.4. The summed E-state index contributed by atoms with van der Waals surface area (Å²) >= 11 is 0. The Morgan fingerprint density at radius 2 is 1.37 bits per heavy atom. The molecule has 35 heavy (non-hydrogen) atoms. The topological polar surface area (TPSA) is 20.3 Å². The van der Waals surface area contributed by atoms with Crippen molar-refractivity contribution in [3.05, 3.63) is 155 Å². The van der Waals surface area contributed by atoms with Crippen LogP contribution in [-0.2, 0) is 0 Å². The minimum atomic E-state index is -0.128. The quantitative estimate of drug-likeness (QED) is 0.292. The van der Waals surface area contributed by atoms with Crippen molar-refractivity contribution in [3.8, 4) is 0 Å². The summed E-state index contributed by atoms with van der Waals surface area (Å²) in [5.74, 6) is 0.0830. The lowest BCUT2D eigenvalue weighted by atomic mass is 9.83. The molecule has 1 atom stereocenters. The molecule has 4 aromatic carbocycles. The minimum absolute atomic E-state index is 0.128. The zero-order valence-electron chi connectivity index (χ0n) is 19.3. The molecule has 1 heterocycles. The van der Waals surface area contributed by atoms with E-state index in [-0.39, 0.29) is 11.7 Å². The summed E-state index contributed by atoms with van der Waals surface area (Å²) in [6.45, 7) is 0. The average Bonchev–Trinajstić information content (AvgIpc) is 2.94. The van der Waals surface area contributed by atoms with Crippen molar-refractivity contribution in [3.63, 3.8) is 0 Å². The Hall–Kier alpha value is -4.43. The number of para-hydroxylation sites is 1. The highest BCUT2D eigenvalue weighted by atomic mass is 16.1. The van der Waals surface area contributed by atoms with Crippen LogP contribution in [0.15, 0.2) is 133 Å². The van der Waals surface area contributed by atoms with E-state index in [1.54, 1.807) is 0 Å². The molecule has 2 nitrogen and oxygen atoms in total. The van der Waals surface area contributed by atoms with Crippen molar-refractivity contribution in [1.29, 1.82) is 0 Å². The zero-order chi connectivity index (χ0) is 23.6. The number of allylic oxidation sites excluding steroid dienone is 4. The normalized spacial score (nSPS) is 16.2. The number of carbonyl (C=O) groups is 1. The van der Waals surface area contributed by atoms with Crippen LogP contribution in [0.4, 0.5) is 11.4 Å². The van der Waals surface area contributed by atoms with E-state index in [1.165, 1.54) is 16.7 Å². The van der Waals surface area contributed by atoms with E-state index in [4.69, 9.17) is 0 Å². The molecule has 1 aliphatic carbocycles. The van der Waals surface area contributed by atoms with Gasteiger partial charge < -0.3 is 4.90 Å². The predicted molar refractivity (Wildman–Crippen MR) is 145 cm³/mol. The van der Waals surface area contributed by atoms with Gasteiger partial charge in [0.1, 0.15) is 0 Å². The number of anilines is 2. The van der Waals surface area contributed by atoms with Gasteiger partial charge in [0.15, 0.2) is 5.78 Å². The number of Topliss-reactive ketones (excluding diaryl/α,β-unsaturated/α-hetero) is 1. The van der Waals surface area contributed by atoms with Gasteiger partial charge in [-0.2, -0.15) is 0 Å². The lowest BCUT2D eigenvalue weighted by molar-refractivity contribution is 0.0934. The standard InChI is InChI=1S/C33H25NO/c35-33-28-15-7-9-17-31(28)34(32-18-10-8-16-29(32)33)27-21-19-24(20-22-27)23-30(25-11-3-1-4-12-25)26-13-5-2-6-14-26/h1-15,17-23,29H,16H2. The molecule has 0 N–H and O–H groups in total. The average molecular weight is 452 g/mol. The van der Waals surface area contributed by atoms with Gasteiger partial charge in [0.05, 0.1) is 11.6 Å². The maximum atomic E-state index is 13.2. The SMILES string of the molecule is O=C1c2ccccc2N(c2ccc(C=C(c3ccccc3)c3ccccc3)cc2)C2=CC=CCC12. The molecule has 1 aliphatic heterocycles. The number of ketones is 1. The van der Waals surface area contributed by atoms with Crippen molar-refractivity contribution in [2.24, 2.45) is 5.92 Å². The van der Waals surface area contributed by atoms with Crippen LogP contribution in [0.3, 0.4) is 0 Å². The molecular formula is C33H25NO. The van der Waals surface area contributed by atoms with Crippen LogP contribution in [0.1, 0.15) is 33.5 Å². The van der Waals surface area contributed by atoms with Gasteiger partial charge in [-0.15, -0.1) is 0 Å². The van der Waals surface area contributed by atoms with Gasteiger partial charge in [-0.05, 0) is 65.1 Å². The van der Waals surface area contributed by atoms with Crippen molar-refractivity contribution in [2.45, 2.75) is 6.42 Å². The first-order chi connectivity index (χ1) is 17.3. The number of benzene rings is 4. The van der Waals surface area contributed by atoms with Crippen LogP contribution < -0.4 is 4.90 Å². The summed E-state index contributed by atoms with van der Waals surface area (Å²) in [6, 6.07) is 37.6. The summed E-state index contributed by atoms with van der Waals surface area (Å²) in [5, 5.41) is 0. The fourth-order valence-corrected chi connectivity index (χ4v) is 5.04. The maximum absolute atomic E-state index is 13.2. The first-order valence-corrected chi connectivity index (χ1v) is 12.0. The number of carbonyl (C=O) groups excluding carboxylic acids is 1. The second-order valence-electron chi connectivity index (χ2n) is 8.91. The Morgan fingerprint density at radius 3 is 2.06 bits per heavy atom. The molecule has 0 spiro atoms. The Kier molecular flexibility index (Phi) is 5.48. The van der Waals surface area contributed by atoms with Crippen LogP contribution in [-0.4, -0.2) is 5.78 Å². The molecule has 6 rings (SSSR count). The fourth-order valence-electron chi connectivity index (χ4n) is 5.04. The third-order valence-corrected chi connectivity index (χ3v) is 6.75.